The summed E-state index contributed by atoms with van der Waals surface area (Å²) in [5.74, 6) is -0.706. The van der Waals surface area contributed by atoms with Crippen LogP contribution in [0.5, 0.6) is 0 Å². The molecular weight excluding hydrogens is 242 g/mol. The molecule has 19 heavy (non-hydrogen) atoms. The summed E-state index contributed by atoms with van der Waals surface area (Å²) in [6.07, 6.45) is 0. The van der Waals surface area contributed by atoms with Crippen LogP contribution in [-0.4, -0.2) is 25.0 Å². The number of hydrogen-bond acceptors (Lipinski definition) is 3. The number of carbonyl (C=O) groups excluding carboxylic acids is 2. The third-order valence-electron chi connectivity index (χ3n) is 3.18. The molecule has 0 spiro atoms. The smallest absolute Gasteiger partial charge is 0.328 e. The molecule has 1 N–H and O–H groups in total. The summed E-state index contributed by atoms with van der Waals surface area (Å²) in [6.45, 7) is 7.67. The quantitative estimate of drug-likeness (QED) is 0.847. The molecule has 0 aliphatic carbocycles. The van der Waals surface area contributed by atoms with E-state index in [4.69, 9.17) is 4.74 Å². The topological polar surface area (TPSA) is 55.4 Å². The molecule has 0 radical (unpaired) electrons. The zero-order valence-electron chi connectivity index (χ0n) is 12.1. The second kappa shape index (κ2) is 6.36. The summed E-state index contributed by atoms with van der Waals surface area (Å²) in [5, 5.41) is 2.72. The van der Waals surface area contributed by atoms with Crippen molar-refractivity contribution in [3.05, 3.63) is 34.9 Å². The number of ether oxygens (including phenoxy) is 1. The first kappa shape index (κ1) is 15.2. The monoisotopic (exact) mass is 263 g/mol. The molecule has 104 valence electrons. The van der Waals surface area contributed by atoms with Crippen LogP contribution in [0.4, 0.5) is 0 Å². The van der Waals surface area contributed by atoms with Gasteiger partial charge in [0.15, 0.2) is 0 Å². The number of amides is 1. The Kier molecular flexibility index (Phi) is 5.10. The highest BCUT2D eigenvalue weighted by Gasteiger charge is 2.25. The van der Waals surface area contributed by atoms with Crippen molar-refractivity contribution >= 4 is 11.9 Å². The minimum Gasteiger partial charge on any atom is -0.467 e. The van der Waals surface area contributed by atoms with Gasteiger partial charge in [0, 0.05) is 5.56 Å². The highest BCUT2D eigenvalue weighted by molar-refractivity contribution is 5.97. The molecule has 1 rings (SSSR count). The highest BCUT2D eigenvalue weighted by Crippen LogP contribution is 2.11. The Morgan fingerprint density at radius 2 is 1.79 bits per heavy atom. The first-order valence-electron chi connectivity index (χ1n) is 6.32. The number of aryl methyl sites for hydroxylation is 2. The Morgan fingerprint density at radius 3 is 2.26 bits per heavy atom. The van der Waals surface area contributed by atoms with Gasteiger partial charge in [0.2, 0.25) is 0 Å². The lowest BCUT2D eigenvalue weighted by atomic mass is 10.0. The SMILES string of the molecule is COC(=O)[C@@H](NC(=O)c1ccc(C)c(C)c1)C(C)C. The molecule has 4 nitrogen and oxygen atoms in total. The van der Waals surface area contributed by atoms with Crippen molar-refractivity contribution in [3.63, 3.8) is 0 Å². The second-order valence-corrected chi connectivity index (χ2v) is 5.02. The molecule has 0 aliphatic heterocycles. The van der Waals surface area contributed by atoms with Crippen LogP contribution in [0, 0.1) is 19.8 Å². The van der Waals surface area contributed by atoms with E-state index in [0.717, 1.165) is 11.1 Å². The molecule has 0 bridgehead atoms. The fourth-order valence-corrected chi connectivity index (χ4v) is 1.73. The number of nitrogens with one attached hydrogen (secondary N) is 1. The maximum atomic E-state index is 12.1. The van der Waals surface area contributed by atoms with E-state index in [-0.39, 0.29) is 11.8 Å². The molecule has 0 aromatic heterocycles. The molecule has 1 atom stereocenters. The van der Waals surface area contributed by atoms with Crippen LogP contribution in [0.2, 0.25) is 0 Å². The summed E-state index contributed by atoms with van der Waals surface area (Å²) in [7, 11) is 1.32. The molecule has 4 heteroatoms. The van der Waals surface area contributed by atoms with Crippen molar-refractivity contribution in [1.29, 1.82) is 0 Å². The number of benzene rings is 1. The largest absolute Gasteiger partial charge is 0.467 e. The van der Waals surface area contributed by atoms with Crippen LogP contribution in [-0.2, 0) is 9.53 Å². The van der Waals surface area contributed by atoms with Gasteiger partial charge in [-0.25, -0.2) is 4.79 Å². The number of methoxy groups -OCH3 is 1. The number of esters is 1. The summed E-state index contributed by atoms with van der Waals surface area (Å²) in [4.78, 5) is 23.7. The number of hydrogen-bond donors (Lipinski definition) is 1. The van der Waals surface area contributed by atoms with Gasteiger partial charge in [-0.3, -0.25) is 4.79 Å². The van der Waals surface area contributed by atoms with Crippen molar-refractivity contribution in [3.8, 4) is 0 Å². The van der Waals surface area contributed by atoms with Gasteiger partial charge in [0.25, 0.3) is 5.91 Å². The Bertz CT molecular complexity index is 480. The van der Waals surface area contributed by atoms with Crippen LogP contribution in [0.3, 0.4) is 0 Å². The van der Waals surface area contributed by atoms with E-state index in [2.05, 4.69) is 5.32 Å². The van der Waals surface area contributed by atoms with Gasteiger partial charge in [-0.2, -0.15) is 0 Å². The summed E-state index contributed by atoms with van der Waals surface area (Å²) in [6, 6.07) is 4.84. The van der Waals surface area contributed by atoms with E-state index in [1.54, 1.807) is 6.07 Å². The molecule has 0 saturated carbocycles. The zero-order valence-corrected chi connectivity index (χ0v) is 12.1. The minimum absolute atomic E-state index is 0.0251. The van der Waals surface area contributed by atoms with Gasteiger partial charge in [0.05, 0.1) is 7.11 Å². The summed E-state index contributed by atoms with van der Waals surface area (Å²) >= 11 is 0. The number of carbonyl (C=O) groups is 2. The Hall–Kier alpha value is -1.84. The van der Waals surface area contributed by atoms with Gasteiger partial charge >= 0.3 is 5.97 Å². The van der Waals surface area contributed by atoms with E-state index in [0.29, 0.717) is 5.56 Å². The molecule has 0 unspecified atom stereocenters. The third kappa shape index (κ3) is 3.81. The summed E-state index contributed by atoms with van der Waals surface area (Å²) in [5.41, 5.74) is 2.73. The molecule has 0 aliphatic rings. The normalized spacial score (nSPS) is 12.1. The maximum absolute atomic E-state index is 12.1. The predicted octanol–water partition coefficient (Wildman–Crippen LogP) is 2.23. The van der Waals surface area contributed by atoms with E-state index >= 15 is 0 Å². The van der Waals surface area contributed by atoms with Crippen LogP contribution in [0.15, 0.2) is 18.2 Å². The lowest BCUT2D eigenvalue weighted by Crippen LogP contribution is -2.45. The highest BCUT2D eigenvalue weighted by atomic mass is 16.5. The second-order valence-electron chi connectivity index (χ2n) is 5.02. The average Bonchev–Trinajstić information content (AvgIpc) is 2.37. The van der Waals surface area contributed by atoms with Crippen LogP contribution in [0.1, 0.15) is 35.3 Å². The standard InChI is InChI=1S/C15H21NO3/c1-9(2)13(15(18)19-5)16-14(17)12-7-6-10(3)11(4)8-12/h6-9,13H,1-5H3,(H,16,17)/t13-/m0/s1. The summed E-state index contributed by atoms with van der Waals surface area (Å²) < 4.78 is 4.70. The lowest BCUT2D eigenvalue weighted by Gasteiger charge is -2.20. The van der Waals surface area contributed by atoms with Crippen molar-refractivity contribution in [2.45, 2.75) is 33.7 Å². The zero-order chi connectivity index (χ0) is 14.6. The molecule has 0 saturated heterocycles. The van der Waals surface area contributed by atoms with Gasteiger partial charge in [-0.05, 0) is 43.0 Å². The lowest BCUT2D eigenvalue weighted by molar-refractivity contribution is -0.144. The minimum atomic E-state index is -0.626. The maximum Gasteiger partial charge on any atom is 0.328 e. The van der Waals surface area contributed by atoms with Crippen LogP contribution >= 0.6 is 0 Å². The van der Waals surface area contributed by atoms with E-state index < -0.39 is 12.0 Å². The van der Waals surface area contributed by atoms with Crippen molar-refractivity contribution in [2.24, 2.45) is 5.92 Å². The van der Waals surface area contributed by atoms with E-state index in [9.17, 15) is 9.59 Å². The van der Waals surface area contributed by atoms with Crippen LogP contribution < -0.4 is 5.32 Å². The van der Waals surface area contributed by atoms with Gasteiger partial charge < -0.3 is 10.1 Å². The molecule has 1 aromatic carbocycles. The average molecular weight is 263 g/mol. The fourth-order valence-electron chi connectivity index (χ4n) is 1.73. The van der Waals surface area contributed by atoms with Crippen LogP contribution in [0.25, 0.3) is 0 Å². The van der Waals surface area contributed by atoms with Crippen molar-refractivity contribution in [2.75, 3.05) is 7.11 Å². The van der Waals surface area contributed by atoms with Gasteiger partial charge in [0.1, 0.15) is 6.04 Å². The van der Waals surface area contributed by atoms with E-state index in [1.165, 1.54) is 7.11 Å². The van der Waals surface area contributed by atoms with Crippen molar-refractivity contribution < 1.29 is 14.3 Å². The molecule has 1 aromatic rings. The Balaban J connectivity index is 2.87. The van der Waals surface area contributed by atoms with Gasteiger partial charge in [-0.15, -0.1) is 0 Å². The predicted molar refractivity (Wildman–Crippen MR) is 74.0 cm³/mol. The Morgan fingerprint density at radius 1 is 1.16 bits per heavy atom. The number of rotatable bonds is 4. The Labute approximate surface area is 114 Å². The third-order valence-corrected chi connectivity index (χ3v) is 3.18. The first-order valence-corrected chi connectivity index (χ1v) is 6.32. The van der Waals surface area contributed by atoms with Crippen molar-refractivity contribution in [1.82, 2.24) is 5.32 Å². The molecule has 0 heterocycles. The molecule has 1 amide bonds. The fraction of sp³-hybridized carbons (Fsp3) is 0.467. The molecular formula is C15H21NO3. The molecule has 0 fully saturated rings. The van der Waals surface area contributed by atoms with Gasteiger partial charge in [-0.1, -0.05) is 19.9 Å². The van der Waals surface area contributed by atoms with E-state index in [1.807, 2.05) is 39.8 Å². The first-order chi connectivity index (χ1) is 8.86.